The van der Waals surface area contributed by atoms with Gasteiger partial charge in [-0.15, -0.1) is 0 Å². The van der Waals surface area contributed by atoms with Crippen LogP contribution >= 0.6 is 11.8 Å². The van der Waals surface area contributed by atoms with Crippen LogP contribution in [0.15, 0.2) is 65.8 Å². The van der Waals surface area contributed by atoms with Crippen LogP contribution in [0.1, 0.15) is 11.1 Å². The summed E-state index contributed by atoms with van der Waals surface area (Å²) in [5.41, 5.74) is 3.79. The molecule has 2 aliphatic rings. The van der Waals surface area contributed by atoms with Crippen LogP contribution in [0.2, 0.25) is 0 Å². The highest BCUT2D eigenvalue weighted by atomic mass is 32.2. The maximum Gasteiger partial charge on any atom is 0.342 e. The van der Waals surface area contributed by atoms with Crippen molar-refractivity contribution < 1.29 is 24.3 Å². The second-order valence-corrected chi connectivity index (χ2v) is 8.96. The third kappa shape index (κ3) is 4.82. The van der Waals surface area contributed by atoms with Crippen molar-refractivity contribution in [3.05, 3.63) is 71.8 Å². The molecule has 0 aliphatic carbocycles. The quantitative estimate of drug-likeness (QED) is 0.269. The molecule has 2 aromatic carbocycles. The van der Waals surface area contributed by atoms with E-state index in [1.165, 1.54) is 11.1 Å². The van der Waals surface area contributed by atoms with Crippen molar-refractivity contribution >= 4 is 41.8 Å². The molecule has 10 nitrogen and oxygen atoms in total. The summed E-state index contributed by atoms with van der Waals surface area (Å²) in [6.45, 7) is -0.225. The lowest BCUT2D eigenvalue weighted by molar-refractivity contribution is -0.149. The number of hydrogen-bond donors (Lipinski definition) is 4. The Kier molecular flexibility index (Phi) is 6.31. The van der Waals surface area contributed by atoms with Crippen LogP contribution in [0.3, 0.4) is 0 Å². The second kappa shape index (κ2) is 9.33. The number of nitrogens with one attached hydrogen (secondary N) is 3. The van der Waals surface area contributed by atoms with E-state index in [-0.39, 0.29) is 24.8 Å². The van der Waals surface area contributed by atoms with Crippen LogP contribution in [0.4, 0.5) is 4.79 Å². The molecule has 4 N–H and O–H groups in total. The Morgan fingerprint density at radius 2 is 1.79 bits per heavy atom. The second-order valence-electron chi connectivity index (χ2n) is 7.55. The first-order valence-corrected chi connectivity index (χ1v) is 11.0. The topological polar surface area (TPSA) is 140 Å². The Labute approximate surface area is 193 Å². The van der Waals surface area contributed by atoms with Crippen LogP contribution in [0.25, 0.3) is 0 Å². The average molecular weight is 468 g/mol. The number of hydrazone groups is 1. The van der Waals surface area contributed by atoms with Gasteiger partial charge in [0.05, 0.1) is 19.2 Å². The summed E-state index contributed by atoms with van der Waals surface area (Å²) in [7, 11) is 0. The monoisotopic (exact) mass is 467 g/mol. The fourth-order valence-electron chi connectivity index (χ4n) is 3.60. The summed E-state index contributed by atoms with van der Waals surface area (Å²) in [4.78, 5) is 48.8. The molecule has 0 bridgehead atoms. The number of hydrogen-bond acceptors (Lipinski definition) is 6. The molecule has 0 spiro atoms. The van der Waals surface area contributed by atoms with E-state index in [2.05, 4.69) is 21.2 Å². The highest BCUT2D eigenvalue weighted by Crippen LogP contribution is 2.45. The van der Waals surface area contributed by atoms with Crippen LogP contribution in [-0.2, 0) is 20.8 Å². The molecule has 2 heterocycles. The van der Waals surface area contributed by atoms with Gasteiger partial charge in [0.1, 0.15) is 11.4 Å². The highest BCUT2D eigenvalue weighted by molar-refractivity contribution is 8.02. The fourth-order valence-corrected chi connectivity index (χ4v) is 5.11. The number of rotatable bonds is 7. The highest BCUT2D eigenvalue weighted by Gasteiger charge is 2.63. The number of thioether (sulfide) groups is 1. The van der Waals surface area contributed by atoms with Gasteiger partial charge in [0.15, 0.2) is 0 Å². The fraction of sp³-hybridized carbons (Fsp3) is 0.227. The molecule has 170 valence electrons. The molecular formula is C22H21N5O5S. The number of carbonyl (C=O) groups excluding carboxylic acids is 3. The molecule has 1 unspecified atom stereocenters. The molecule has 11 heteroatoms. The third-order valence-corrected chi connectivity index (χ3v) is 6.80. The van der Waals surface area contributed by atoms with E-state index in [1.54, 1.807) is 24.3 Å². The van der Waals surface area contributed by atoms with E-state index in [4.69, 9.17) is 0 Å². The maximum atomic E-state index is 12.5. The van der Waals surface area contributed by atoms with Crippen molar-refractivity contribution in [2.45, 2.75) is 22.7 Å². The van der Waals surface area contributed by atoms with Crippen molar-refractivity contribution in [1.82, 2.24) is 21.0 Å². The Hall–Kier alpha value is -3.86. The largest absolute Gasteiger partial charge is 0.479 e. The number of fused-ring (bicyclic) bond motifs is 1. The molecule has 0 radical (unpaired) electrons. The molecular weight excluding hydrogens is 446 g/mol. The SMILES string of the molecule is O=C(Cc1ccccc1)NC1C(=O)N2C[C@](NC(=O)N/N=C/c3ccccc3)(C(=O)O)S[C@H]12. The molecule has 2 aromatic rings. The molecule has 4 amide bonds. The molecule has 4 rings (SSSR count). The summed E-state index contributed by atoms with van der Waals surface area (Å²) in [6, 6.07) is 16.4. The van der Waals surface area contributed by atoms with Crippen LogP contribution in [-0.4, -0.2) is 62.9 Å². The van der Waals surface area contributed by atoms with Gasteiger partial charge in [-0.2, -0.15) is 5.10 Å². The minimum Gasteiger partial charge on any atom is -0.479 e. The number of aliphatic carboxylic acids is 1. The van der Waals surface area contributed by atoms with Gasteiger partial charge in [-0.3, -0.25) is 9.59 Å². The van der Waals surface area contributed by atoms with Crippen molar-refractivity contribution in [3.63, 3.8) is 0 Å². The van der Waals surface area contributed by atoms with Gasteiger partial charge in [0, 0.05) is 0 Å². The number of β-lactam (4-membered cyclic amide) rings is 1. The average Bonchev–Trinajstić information content (AvgIpc) is 3.15. The lowest BCUT2D eigenvalue weighted by Crippen LogP contribution is -2.67. The van der Waals surface area contributed by atoms with Crippen molar-refractivity contribution in [2.75, 3.05) is 6.54 Å². The number of carboxylic acid groups (broad SMARTS) is 1. The smallest absolute Gasteiger partial charge is 0.342 e. The zero-order chi connectivity index (χ0) is 23.4. The lowest BCUT2D eigenvalue weighted by Gasteiger charge is -2.41. The predicted molar refractivity (Wildman–Crippen MR) is 121 cm³/mol. The maximum absolute atomic E-state index is 12.5. The number of carbonyl (C=O) groups is 4. The number of nitrogens with zero attached hydrogens (tertiary/aromatic N) is 2. The van der Waals surface area contributed by atoms with E-state index in [9.17, 15) is 24.3 Å². The van der Waals surface area contributed by atoms with Gasteiger partial charge >= 0.3 is 12.0 Å². The van der Waals surface area contributed by atoms with Gasteiger partial charge in [-0.25, -0.2) is 15.0 Å². The zero-order valence-corrected chi connectivity index (χ0v) is 18.1. The molecule has 3 atom stereocenters. The minimum atomic E-state index is -1.76. The Bertz CT molecular complexity index is 1100. The molecule has 0 aromatic heterocycles. The van der Waals surface area contributed by atoms with E-state index >= 15 is 0 Å². The number of amides is 4. The molecule has 2 fully saturated rings. The summed E-state index contributed by atoms with van der Waals surface area (Å²) in [5, 5.41) is 18.1. The third-order valence-electron chi connectivity index (χ3n) is 5.22. The number of benzene rings is 2. The lowest BCUT2D eigenvalue weighted by atomic mass is 10.1. The first-order chi connectivity index (χ1) is 15.9. The van der Waals surface area contributed by atoms with Crippen molar-refractivity contribution in [2.24, 2.45) is 5.10 Å². The minimum absolute atomic E-state index is 0.103. The summed E-state index contributed by atoms with van der Waals surface area (Å²) >= 11 is 0.901. The summed E-state index contributed by atoms with van der Waals surface area (Å²) in [5.74, 6) is -2.03. The van der Waals surface area contributed by atoms with Gasteiger partial charge in [0.2, 0.25) is 16.7 Å². The van der Waals surface area contributed by atoms with Gasteiger partial charge in [-0.05, 0) is 11.1 Å². The molecule has 2 aliphatic heterocycles. The molecule has 2 saturated heterocycles. The first-order valence-electron chi connectivity index (χ1n) is 10.1. The van der Waals surface area contributed by atoms with Gasteiger partial charge in [-0.1, -0.05) is 72.4 Å². The molecule has 33 heavy (non-hydrogen) atoms. The number of carboxylic acids is 1. The van der Waals surface area contributed by atoms with Crippen LogP contribution in [0.5, 0.6) is 0 Å². The standard InChI is InChI=1S/C22H21N5O5S/c28-16(11-14-7-3-1-4-8-14)24-17-18(29)27-13-22(20(30)31,33-19(17)27)25-21(32)26-23-12-15-9-5-2-6-10-15/h1-10,12,17,19H,11,13H2,(H,24,28)(H,30,31)(H2,25,26,32)/b23-12+/t17?,19-,22-/m1/s1. The Balaban J connectivity index is 1.36. The molecule has 0 saturated carbocycles. The van der Waals surface area contributed by atoms with Crippen LogP contribution in [0, 0.1) is 0 Å². The van der Waals surface area contributed by atoms with E-state index < -0.39 is 28.3 Å². The van der Waals surface area contributed by atoms with Crippen LogP contribution < -0.4 is 16.1 Å². The summed E-state index contributed by atoms with van der Waals surface area (Å²) in [6.07, 6.45) is 1.52. The van der Waals surface area contributed by atoms with E-state index in [1.807, 2.05) is 36.4 Å². The Morgan fingerprint density at radius 1 is 1.12 bits per heavy atom. The Morgan fingerprint density at radius 3 is 2.45 bits per heavy atom. The predicted octanol–water partition coefficient (Wildman–Crippen LogP) is 0.743. The summed E-state index contributed by atoms with van der Waals surface area (Å²) < 4.78 is 0. The van der Waals surface area contributed by atoms with Gasteiger partial charge < -0.3 is 20.6 Å². The van der Waals surface area contributed by atoms with Crippen molar-refractivity contribution in [3.8, 4) is 0 Å². The normalized spacial score (nSPS) is 23.5. The van der Waals surface area contributed by atoms with E-state index in [0.29, 0.717) is 0 Å². The van der Waals surface area contributed by atoms with Crippen molar-refractivity contribution in [1.29, 1.82) is 0 Å². The zero-order valence-electron chi connectivity index (χ0n) is 17.3. The van der Waals surface area contributed by atoms with E-state index in [0.717, 1.165) is 22.9 Å². The number of urea groups is 1. The van der Waals surface area contributed by atoms with Gasteiger partial charge in [0.25, 0.3) is 0 Å². The first kappa shape index (κ1) is 22.3.